The third kappa shape index (κ3) is 3.70. The van der Waals surface area contributed by atoms with Gasteiger partial charge in [-0.25, -0.2) is 0 Å². The number of aromatic hydroxyl groups is 1. The van der Waals surface area contributed by atoms with Crippen LogP contribution in [0.25, 0.3) is 6.08 Å². The van der Waals surface area contributed by atoms with Gasteiger partial charge in [0.15, 0.2) is 0 Å². The summed E-state index contributed by atoms with van der Waals surface area (Å²) in [5.41, 5.74) is 5.23. The molecule has 0 spiro atoms. The molecular weight excluding hydrogens is 258 g/mol. The lowest BCUT2D eigenvalue weighted by Crippen LogP contribution is -1.86. The Hall–Kier alpha value is -2.06. The fraction of sp³-hybridized carbons (Fsp3) is 0.0625. The summed E-state index contributed by atoms with van der Waals surface area (Å²) in [6, 6.07) is 13.0. The minimum atomic E-state index is 0.206. The minimum Gasteiger partial charge on any atom is -0.508 e. The molecule has 2 aromatic carbocycles. The van der Waals surface area contributed by atoms with Gasteiger partial charge in [0, 0.05) is 17.3 Å². The summed E-state index contributed by atoms with van der Waals surface area (Å²) in [5.74, 6) is 0.206. The number of nitrogens with zero attached hydrogens (tertiary/aromatic N) is 1. The molecule has 19 heavy (non-hydrogen) atoms. The van der Waals surface area contributed by atoms with E-state index >= 15 is 0 Å². The van der Waals surface area contributed by atoms with Crippen molar-refractivity contribution in [2.45, 2.75) is 6.92 Å². The van der Waals surface area contributed by atoms with Crippen LogP contribution in [0.15, 0.2) is 53.0 Å². The lowest BCUT2D eigenvalue weighted by molar-refractivity contribution is 0.475. The highest BCUT2D eigenvalue weighted by Crippen LogP contribution is 2.19. The van der Waals surface area contributed by atoms with Crippen molar-refractivity contribution >= 4 is 29.6 Å². The van der Waals surface area contributed by atoms with Gasteiger partial charge in [-0.1, -0.05) is 29.3 Å². The number of rotatable bonds is 3. The smallest absolute Gasteiger partial charge is 0.116 e. The molecule has 0 aromatic heterocycles. The summed E-state index contributed by atoms with van der Waals surface area (Å²) in [7, 11) is 0. The van der Waals surface area contributed by atoms with Crippen LogP contribution in [0.2, 0.25) is 0 Å². The zero-order valence-electron chi connectivity index (χ0n) is 10.5. The second kappa shape index (κ2) is 6.21. The molecule has 2 nitrogen and oxygen atoms in total. The molecule has 0 atom stereocenters. The Labute approximate surface area is 117 Å². The van der Waals surface area contributed by atoms with Crippen LogP contribution in [0, 0.1) is 6.92 Å². The topological polar surface area (TPSA) is 32.6 Å². The summed E-state index contributed by atoms with van der Waals surface area (Å²) in [6.45, 7) is 2.04. The second-order valence-corrected chi connectivity index (χ2v) is 4.45. The normalized spacial score (nSPS) is 11.5. The number of halogens is 1. The Morgan fingerprint density at radius 2 is 1.79 bits per heavy atom. The summed E-state index contributed by atoms with van der Waals surface area (Å²) in [5, 5.41) is 9.46. The lowest BCUT2D eigenvalue weighted by atomic mass is 10.1. The monoisotopic (exact) mass is 271 g/mol. The molecule has 0 bridgehead atoms. The third-order valence-corrected chi connectivity index (χ3v) is 2.83. The molecule has 0 aliphatic rings. The fourth-order valence-electron chi connectivity index (χ4n) is 1.67. The van der Waals surface area contributed by atoms with Crippen LogP contribution < -0.4 is 0 Å². The molecule has 0 unspecified atom stereocenters. The van der Waals surface area contributed by atoms with E-state index in [0.29, 0.717) is 0 Å². The molecule has 0 heterocycles. The van der Waals surface area contributed by atoms with E-state index in [9.17, 15) is 5.11 Å². The SMILES string of the molecule is Cc1ccc(N=Cc2ccc(O)cc2/C=C\Cl)cc1. The average molecular weight is 272 g/mol. The zero-order valence-corrected chi connectivity index (χ0v) is 11.3. The standard InChI is InChI=1S/C16H14ClNO/c1-12-2-5-15(6-3-12)18-11-14-4-7-16(19)10-13(14)8-9-17/h2-11,19H,1H3/b9-8-,18-11?. The van der Waals surface area contributed by atoms with Gasteiger partial charge >= 0.3 is 0 Å². The Morgan fingerprint density at radius 3 is 2.47 bits per heavy atom. The molecule has 0 saturated carbocycles. The van der Waals surface area contributed by atoms with Gasteiger partial charge < -0.3 is 5.11 Å². The van der Waals surface area contributed by atoms with Crippen molar-refractivity contribution in [1.29, 1.82) is 0 Å². The highest BCUT2D eigenvalue weighted by Gasteiger charge is 1.98. The van der Waals surface area contributed by atoms with Crippen molar-refractivity contribution in [3.05, 3.63) is 64.7 Å². The molecule has 1 N–H and O–H groups in total. The third-order valence-electron chi connectivity index (χ3n) is 2.70. The van der Waals surface area contributed by atoms with Crippen LogP contribution in [-0.4, -0.2) is 11.3 Å². The van der Waals surface area contributed by atoms with Gasteiger partial charge in [0.1, 0.15) is 5.75 Å². The summed E-state index contributed by atoms with van der Waals surface area (Å²) in [6.07, 6.45) is 3.48. The van der Waals surface area contributed by atoms with E-state index in [1.165, 1.54) is 11.1 Å². The second-order valence-electron chi connectivity index (χ2n) is 4.20. The quantitative estimate of drug-likeness (QED) is 0.809. The molecule has 0 saturated heterocycles. The van der Waals surface area contributed by atoms with Crippen LogP contribution in [0.3, 0.4) is 0 Å². The first-order chi connectivity index (χ1) is 9.19. The summed E-state index contributed by atoms with van der Waals surface area (Å²) in [4.78, 5) is 4.41. The van der Waals surface area contributed by atoms with E-state index in [1.807, 2.05) is 31.2 Å². The first-order valence-electron chi connectivity index (χ1n) is 5.89. The van der Waals surface area contributed by atoms with Crippen molar-refractivity contribution in [2.24, 2.45) is 4.99 Å². The van der Waals surface area contributed by atoms with Crippen LogP contribution in [0.5, 0.6) is 5.75 Å². The predicted molar refractivity (Wildman–Crippen MR) is 81.4 cm³/mol. The lowest BCUT2D eigenvalue weighted by Gasteiger charge is -2.01. The number of aryl methyl sites for hydroxylation is 1. The molecule has 2 aromatic rings. The maximum absolute atomic E-state index is 9.46. The van der Waals surface area contributed by atoms with Gasteiger partial charge in [-0.2, -0.15) is 0 Å². The van der Waals surface area contributed by atoms with Gasteiger partial charge in [0.05, 0.1) is 5.69 Å². The highest BCUT2D eigenvalue weighted by molar-refractivity contribution is 6.27. The number of hydrogen-bond acceptors (Lipinski definition) is 2. The predicted octanol–water partition coefficient (Wildman–Crippen LogP) is 4.66. The van der Waals surface area contributed by atoms with E-state index in [1.54, 1.807) is 30.5 Å². The molecule has 0 fully saturated rings. The van der Waals surface area contributed by atoms with Gasteiger partial charge in [-0.05, 0) is 48.9 Å². The Balaban J connectivity index is 2.30. The first-order valence-corrected chi connectivity index (χ1v) is 6.33. The fourth-order valence-corrected chi connectivity index (χ4v) is 1.80. The zero-order chi connectivity index (χ0) is 13.7. The van der Waals surface area contributed by atoms with Crippen molar-refractivity contribution in [1.82, 2.24) is 0 Å². The maximum atomic E-state index is 9.46. The van der Waals surface area contributed by atoms with E-state index < -0.39 is 0 Å². The Kier molecular flexibility index (Phi) is 4.37. The van der Waals surface area contributed by atoms with Crippen molar-refractivity contribution in [2.75, 3.05) is 0 Å². The van der Waals surface area contributed by atoms with Gasteiger partial charge in [0.25, 0.3) is 0 Å². The van der Waals surface area contributed by atoms with Crippen LogP contribution in [0.4, 0.5) is 5.69 Å². The molecule has 3 heteroatoms. The van der Waals surface area contributed by atoms with Crippen molar-refractivity contribution < 1.29 is 5.11 Å². The maximum Gasteiger partial charge on any atom is 0.116 e. The van der Waals surface area contributed by atoms with E-state index in [-0.39, 0.29) is 5.75 Å². The molecule has 2 rings (SSSR count). The van der Waals surface area contributed by atoms with Gasteiger partial charge in [0.2, 0.25) is 0 Å². The summed E-state index contributed by atoms with van der Waals surface area (Å²) >= 11 is 5.59. The van der Waals surface area contributed by atoms with Gasteiger partial charge in [-0.3, -0.25) is 4.99 Å². The van der Waals surface area contributed by atoms with Gasteiger partial charge in [-0.15, -0.1) is 0 Å². The number of phenols is 1. The van der Waals surface area contributed by atoms with Crippen LogP contribution in [-0.2, 0) is 0 Å². The largest absolute Gasteiger partial charge is 0.508 e. The first kappa shape index (κ1) is 13.4. The average Bonchev–Trinajstić information content (AvgIpc) is 2.40. The molecule has 0 radical (unpaired) electrons. The Morgan fingerprint density at radius 1 is 1.05 bits per heavy atom. The van der Waals surface area contributed by atoms with Crippen molar-refractivity contribution in [3.63, 3.8) is 0 Å². The molecular formula is C16H14ClNO. The highest BCUT2D eigenvalue weighted by atomic mass is 35.5. The molecule has 0 aliphatic carbocycles. The minimum absolute atomic E-state index is 0.206. The van der Waals surface area contributed by atoms with Crippen LogP contribution >= 0.6 is 11.6 Å². The van der Waals surface area contributed by atoms with Crippen molar-refractivity contribution in [3.8, 4) is 5.75 Å². The van der Waals surface area contributed by atoms with E-state index in [4.69, 9.17) is 11.6 Å². The molecule has 0 amide bonds. The van der Waals surface area contributed by atoms with E-state index in [0.717, 1.165) is 16.8 Å². The number of hydrogen-bond donors (Lipinski definition) is 1. The van der Waals surface area contributed by atoms with E-state index in [2.05, 4.69) is 4.99 Å². The molecule has 96 valence electrons. The number of phenolic OH excluding ortho intramolecular Hbond substituents is 1. The van der Waals surface area contributed by atoms with Crippen LogP contribution in [0.1, 0.15) is 16.7 Å². The number of aliphatic imine (C=N–C) groups is 1. The molecule has 0 aliphatic heterocycles. The summed E-state index contributed by atoms with van der Waals surface area (Å²) < 4.78 is 0. The Bertz CT molecular complexity index is 615. The number of benzene rings is 2.